The van der Waals surface area contributed by atoms with Gasteiger partial charge in [-0.3, -0.25) is 4.79 Å². The molecule has 140 valence electrons. The zero-order valence-corrected chi connectivity index (χ0v) is 15.9. The summed E-state index contributed by atoms with van der Waals surface area (Å²) in [6, 6.07) is 11.1. The minimum atomic E-state index is -3.93. The Balaban J connectivity index is 2.25. The Labute approximate surface area is 153 Å². The van der Waals surface area contributed by atoms with Crippen molar-refractivity contribution in [3.05, 3.63) is 59.9 Å². The molecule has 0 spiro atoms. The summed E-state index contributed by atoms with van der Waals surface area (Å²) in [5.41, 5.74) is 1.73. The van der Waals surface area contributed by atoms with Gasteiger partial charge in [0.15, 0.2) is 0 Å². The monoisotopic (exact) mass is 378 g/mol. The van der Waals surface area contributed by atoms with E-state index in [9.17, 15) is 17.6 Å². The Bertz CT molecular complexity index is 867. The van der Waals surface area contributed by atoms with Crippen molar-refractivity contribution in [1.82, 2.24) is 4.72 Å². The topological polar surface area (TPSA) is 66.5 Å². The van der Waals surface area contributed by atoms with Gasteiger partial charge in [0.1, 0.15) is 11.9 Å². The minimum absolute atomic E-state index is 0.0799. The maximum Gasteiger partial charge on any atom is 0.245 e. The van der Waals surface area contributed by atoms with Crippen LogP contribution in [0, 0.1) is 12.7 Å². The SMILES string of the molecule is CCC(NS(=O)(=O)c1ccc(F)cc1)C(=O)N(CC)c1cccc(C)c1. The lowest BCUT2D eigenvalue weighted by molar-refractivity contribution is -0.120. The van der Waals surface area contributed by atoms with Crippen LogP contribution in [0.25, 0.3) is 0 Å². The number of benzene rings is 2. The van der Waals surface area contributed by atoms with Crippen LogP contribution in [-0.2, 0) is 14.8 Å². The molecule has 0 aromatic heterocycles. The van der Waals surface area contributed by atoms with Crippen molar-refractivity contribution >= 4 is 21.6 Å². The Morgan fingerprint density at radius 3 is 2.35 bits per heavy atom. The molecule has 1 unspecified atom stereocenters. The van der Waals surface area contributed by atoms with Crippen molar-refractivity contribution in [3.63, 3.8) is 0 Å². The quantitative estimate of drug-likeness (QED) is 0.804. The second-order valence-electron chi connectivity index (χ2n) is 5.96. The van der Waals surface area contributed by atoms with E-state index < -0.39 is 21.9 Å². The maximum atomic E-state index is 13.0. The summed E-state index contributed by atoms with van der Waals surface area (Å²) in [6.07, 6.45) is 0.293. The molecule has 26 heavy (non-hydrogen) atoms. The lowest BCUT2D eigenvalue weighted by atomic mass is 10.1. The molecule has 2 rings (SSSR count). The van der Waals surface area contributed by atoms with E-state index in [1.54, 1.807) is 11.8 Å². The zero-order valence-electron chi connectivity index (χ0n) is 15.1. The second-order valence-corrected chi connectivity index (χ2v) is 7.67. The predicted molar refractivity (Wildman–Crippen MR) is 100 cm³/mol. The van der Waals surface area contributed by atoms with Crippen molar-refractivity contribution < 1.29 is 17.6 Å². The molecule has 0 bridgehead atoms. The second kappa shape index (κ2) is 8.42. The van der Waals surface area contributed by atoms with Gasteiger partial charge in [0.25, 0.3) is 0 Å². The van der Waals surface area contributed by atoms with Crippen LogP contribution in [0.5, 0.6) is 0 Å². The molecule has 2 aromatic rings. The first-order chi connectivity index (χ1) is 12.3. The van der Waals surface area contributed by atoms with Crippen LogP contribution >= 0.6 is 0 Å². The molecule has 7 heteroatoms. The third-order valence-electron chi connectivity index (χ3n) is 4.02. The molecular weight excluding hydrogens is 355 g/mol. The number of amides is 1. The third kappa shape index (κ3) is 4.68. The van der Waals surface area contributed by atoms with E-state index in [-0.39, 0.29) is 10.8 Å². The van der Waals surface area contributed by atoms with Crippen molar-refractivity contribution in [2.24, 2.45) is 0 Å². The number of aryl methyl sites for hydroxylation is 1. The van der Waals surface area contributed by atoms with E-state index in [0.717, 1.165) is 23.4 Å². The summed E-state index contributed by atoms with van der Waals surface area (Å²) in [7, 11) is -3.93. The fourth-order valence-corrected chi connectivity index (χ4v) is 3.90. The molecule has 1 amide bonds. The number of nitrogens with zero attached hydrogens (tertiary/aromatic N) is 1. The van der Waals surface area contributed by atoms with Crippen LogP contribution in [0.1, 0.15) is 25.8 Å². The first-order valence-electron chi connectivity index (χ1n) is 8.44. The first kappa shape index (κ1) is 20.1. The minimum Gasteiger partial charge on any atom is -0.311 e. The van der Waals surface area contributed by atoms with E-state index in [4.69, 9.17) is 0 Å². The van der Waals surface area contributed by atoms with Gasteiger partial charge in [-0.1, -0.05) is 19.1 Å². The highest BCUT2D eigenvalue weighted by Gasteiger charge is 2.28. The van der Waals surface area contributed by atoms with Crippen LogP contribution in [0.15, 0.2) is 53.4 Å². The molecule has 0 aliphatic heterocycles. The molecule has 0 saturated carbocycles. The van der Waals surface area contributed by atoms with Gasteiger partial charge < -0.3 is 4.90 Å². The van der Waals surface area contributed by atoms with Crippen LogP contribution < -0.4 is 9.62 Å². The fraction of sp³-hybridized carbons (Fsp3) is 0.316. The lowest BCUT2D eigenvalue weighted by Crippen LogP contribution is -2.48. The average Bonchev–Trinajstić information content (AvgIpc) is 2.60. The number of halogens is 1. The van der Waals surface area contributed by atoms with E-state index in [1.165, 1.54) is 12.1 Å². The number of hydrogen-bond donors (Lipinski definition) is 1. The van der Waals surface area contributed by atoms with E-state index >= 15 is 0 Å². The van der Waals surface area contributed by atoms with Crippen molar-refractivity contribution in [2.75, 3.05) is 11.4 Å². The summed E-state index contributed by atoms with van der Waals surface area (Å²) in [4.78, 5) is 14.4. The normalized spacial score (nSPS) is 12.6. The van der Waals surface area contributed by atoms with Crippen molar-refractivity contribution in [1.29, 1.82) is 0 Å². The number of rotatable bonds is 7. The molecule has 1 atom stereocenters. The maximum absolute atomic E-state index is 13.0. The van der Waals surface area contributed by atoms with Gasteiger partial charge in [0, 0.05) is 12.2 Å². The number of anilines is 1. The summed E-state index contributed by atoms with van der Waals surface area (Å²) in [6.45, 7) is 5.91. The number of sulfonamides is 1. The van der Waals surface area contributed by atoms with Crippen LogP contribution in [0.4, 0.5) is 10.1 Å². The number of carbonyl (C=O) groups is 1. The molecule has 0 heterocycles. The van der Waals surface area contributed by atoms with Crippen molar-refractivity contribution in [3.8, 4) is 0 Å². The zero-order chi connectivity index (χ0) is 19.3. The Hall–Kier alpha value is -2.25. The standard InChI is InChI=1S/C19H23FN2O3S/c1-4-18(21-26(24,25)17-11-9-15(20)10-12-17)19(23)22(5-2)16-8-6-7-14(3)13-16/h6-13,18,21H,4-5H2,1-3H3. The number of hydrogen-bond acceptors (Lipinski definition) is 3. The third-order valence-corrected chi connectivity index (χ3v) is 5.51. The van der Waals surface area contributed by atoms with Crippen LogP contribution in [0.3, 0.4) is 0 Å². The highest BCUT2D eigenvalue weighted by atomic mass is 32.2. The van der Waals surface area contributed by atoms with Gasteiger partial charge in [-0.05, 0) is 62.2 Å². The van der Waals surface area contributed by atoms with Gasteiger partial charge in [0.05, 0.1) is 4.90 Å². The molecule has 0 radical (unpaired) electrons. The molecule has 5 nitrogen and oxygen atoms in total. The van der Waals surface area contributed by atoms with E-state index in [1.807, 2.05) is 38.1 Å². The molecular formula is C19H23FN2O3S. The molecule has 0 aliphatic rings. The predicted octanol–water partition coefficient (Wildman–Crippen LogP) is 3.24. The Morgan fingerprint density at radius 2 is 1.81 bits per heavy atom. The van der Waals surface area contributed by atoms with Crippen LogP contribution in [0.2, 0.25) is 0 Å². The van der Waals surface area contributed by atoms with Gasteiger partial charge >= 0.3 is 0 Å². The molecule has 2 aromatic carbocycles. The average molecular weight is 378 g/mol. The summed E-state index contributed by atoms with van der Waals surface area (Å²) in [5.74, 6) is -0.852. The summed E-state index contributed by atoms with van der Waals surface area (Å²) < 4.78 is 40.5. The lowest BCUT2D eigenvalue weighted by Gasteiger charge is -2.26. The van der Waals surface area contributed by atoms with Gasteiger partial charge in [-0.15, -0.1) is 0 Å². The van der Waals surface area contributed by atoms with E-state index in [0.29, 0.717) is 13.0 Å². The molecule has 0 fully saturated rings. The fourth-order valence-electron chi connectivity index (χ4n) is 2.63. The Kier molecular flexibility index (Phi) is 6.50. The van der Waals surface area contributed by atoms with Gasteiger partial charge in [0.2, 0.25) is 15.9 Å². The first-order valence-corrected chi connectivity index (χ1v) is 9.92. The highest BCUT2D eigenvalue weighted by Crippen LogP contribution is 2.18. The highest BCUT2D eigenvalue weighted by molar-refractivity contribution is 7.89. The summed E-state index contributed by atoms with van der Waals surface area (Å²) >= 11 is 0. The number of nitrogens with one attached hydrogen (secondary N) is 1. The largest absolute Gasteiger partial charge is 0.311 e. The molecule has 0 saturated heterocycles. The van der Waals surface area contributed by atoms with Gasteiger partial charge in [-0.25, -0.2) is 12.8 Å². The van der Waals surface area contributed by atoms with Gasteiger partial charge in [-0.2, -0.15) is 4.72 Å². The summed E-state index contributed by atoms with van der Waals surface area (Å²) in [5, 5.41) is 0. The van der Waals surface area contributed by atoms with Crippen LogP contribution in [-0.4, -0.2) is 26.9 Å². The molecule has 1 N–H and O–H groups in total. The number of likely N-dealkylation sites (N-methyl/N-ethyl adjacent to an activating group) is 1. The molecule has 0 aliphatic carbocycles. The Morgan fingerprint density at radius 1 is 1.15 bits per heavy atom. The number of carbonyl (C=O) groups excluding carboxylic acids is 1. The van der Waals surface area contributed by atoms with Crippen molar-refractivity contribution in [2.45, 2.75) is 38.1 Å². The smallest absolute Gasteiger partial charge is 0.245 e. The van der Waals surface area contributed by atoms with E-state index in [2.05, 4.69) is 4.72 Å².